The van der Waals surface area contributed by atoms with E-state index in [4.69, 9.17) is 15.6 Å². The van der Waals surface area contributed by atoms with Gasteiger partial charge in [-0.1, -0.05) is 6.07 Å². The molecule has 2 saturated heterocycles. The highest BCUT2D eigenvalue weighted by atomic mass is 32.2. The molecule has 0 unspecified atom stereocenters. The van der Waals surface area contributed by atoms with Crippen molar-refractivity contribution in [2.75, 3.05) is 44.2 Å². The monoisotopic (exact) mass is 629 g/mol. The fourth-order valence-electron chi connectivity index (χ4n) is 4.61. The highest BCUT2D eigenvalue weighted by Gasteiger charge is 2.38. The molecule has 2 aliphatic heterocycles. The molecule has 0 bridgehead atoms. The molecule has 12 nitrogen and oxygen atoms in total. The smallest absolute Gasteiger partial charge is 0.475 e. The molecule has 3 fully saturated rings. The number of carboxylic acids is 1. The van der Waals surface area contributed by atoms with Crippen LogP contribution in [0.5, 0.6) is 5.75 Å². The number of nitrogens with one attached hydrogen (secondary N) is 1. The Morgan fingerprint density at radius 3 is 2.21 bits per heavy atom. The van der Waals surface area contributed by atoms with Gasteiger partial charge in [0.05, 0.1) is 5.69 Å². The molecule has 1 atom stereocenters. The molecule has 42 heavy (non-hydrogen) atoms. The van der Waals surface area contributed by atoms with Crippen LogP contribution in [0.4, 0.5) is 27.6 Å². The standard InChI is InChI=1S/C22H31F2N5O5S.C2HF3O2/c23-22(24)34-20-17(29-9-2-1-6-19(29)30)4-3-5-18(20)35(32,33)26-16(14-25)21(31)28-12-10-27(11-13-28)15-7-8-15;3-2(4,5)1(6)7/h3-5,15-16,22,26H,1-2,6-14,25H2;(H,6,7)/t16-;/m0./s1. The molecule has 1 aromatic rings. The highest BCUT2D eigenvalue weighted by molar-refractivity contribution is 7.89. The number of rotatable bonds is 9. The number of halogens is 5. The number of nitrogens with zero attached hydrogens (tertiary/aromatic N) is 3. The number of hydrogen-bond donors (Lipinski definition) is 3. The van der Waals surface area contributed by atoms with E-state index in [2.05, 4.69) is 14.4 Å². The second-order valence-corrected chi connectivity index (χ2v) is 11.5. The summed E-state index contributed by atoms with van der Waals surface area (Å²) in [5.41, 5.74) is 5.69. The summed E-state index contributed by atoms with van der Waals surface area (Å²) in [7, 11) is -4.51. The van der Waals surface area contributed by atoms with Crippen LogP contribution in [-0.4, -0.2) is 105 Å². The Labute approximate surface area is 238 Å². The number of piperidine rings is 1. The van der Waals surface area contributed by atoms with Crippen LogP contribution in [0, 0.1) is 0 Å². The van der Waals surface area contributed by atoms with Gasteiger partial charge in [0.2, 0.25) is 21.8 Å². The van der Waals surface area contributed by atoms with Crippen molar-refractivity contribution >= 4 is 33.5 Å². The molecule has 18 heteroatoms. The molecule has 0 aromatic heterocycles. The van der Waals surface area contributed by atoms with Crippen molar-refractivity contribution in [3.63, 3.8) is 0 Å². The molecule has 4 N–H and O–H groups in total. The molecule has 2 amide bonds. The lowest BCUT2D eigenvalue weighted by Crippen LogP contribution is -2.57. The van der Waals surface area contributed by atoms with Gasteiger partial charge in [-0.15, -0.1) is 0 Å². The normalized spacial score (nSPS) is 19.3. The van der Waals surface area contributed by atoms with Gasteiger partial charge < -0.3 is 25.4 Å². The summed E-state index contributed by atoms with van der Waals surface area (Å²) in [5.74, 6) is -4.16. The number of hydrogen-bond acceptors (Lipinski definition) is 8. The number of sulfonamides is 1. The molecule has 0 spiro atoms. The number of piperazine rings is 1. The van der Waals surface area contributed by atoms with Gasteiger partial charge in [-0.05, 0) is 37.8 Å². The Morgan fingerprint density at radius 2 is 1.71 bits per heavy atom. The van der Waals surface area contributed by atoms with Crippen molar-refractivity contribution in [2.24, 2.45) is 5.73 Å². The lowest BCUT2D eigenvalue weighted by atomic mass is 10.1. The molecule has 4 rings (SSSR count). The van der Waals surface area contributed by atoms with Gasteiger partial charge in [0.25, 0.3) is 0 Å². The van der Waals surface area contributed by atoms with Gasteiger partial charge in [0.1, 0.15) is 10.9 Å². The number of carbonyl (C=O) groups is 3. The van der Waals surface area contributed by atoms with E-state index in [1.165, 1.54) is 17.0 Å². The summed E-state index contributed by atoms with van der Waals surface area (Å²) < 4.78 is 91.8. The zero-order valence-corrected chi connectivity index (χ0v) is 23.2. The number of para-hydroxylation sites is 1. The number of anilines is 1. The molecule has 1 saturated carbocycles. The van der Waals surface area contributed by atoms with Crippen molar-refractivity contribution in [1.29, 1.82) is 0 Å². The van der Waals surface area contributed by atoms with Crippen LogP contribution < -0.4 is 20.1 Å². The lowest BCUT2D eigenvalue weighted by Gasteiger charge is -2.36. The first-order valence-electron chi connectivity index (χ1n) is 13.1. The van der Waals surface area contributed by atoms with Crippen molar-refractivity contribution < 1.29 is 54.6 Å². The van der Waals surface area contributed by atoms with E-state index in [9.17, 15) is 40.0 Å². The fourth-order valence-corrected chi connectivity index (χ4v) is 5.97. The zero-order valence-electron chi connectivity index (χ0n) is 22.4. The molecular weight excluding hydrogens is 597 g/mol. The van der Waals surface area contributed by atoms with Gasteiger partial charge in [0, 0.05) is 51.7 Å². The van der Waals surface area contributed by atoms with Crippen LogP contribution in [0.3, 0.4) is 0 Å². The molecule has 1 aromatic carbocycles. The topological polar surface area (TPSA) is 163 Å². The van der Waals surface area contributed by atoms with E-state index in [-0.39, 0.29) is 31.1 Å². The second kappa shape index (κ2) is 13.9. The van der Waals surface area contributed by atoms with Crippen LogP contribution in [0.15, 0.2) is 23.1 Å². The van der Waals surface area contributed by atoms with E-state index < -0.39 is 51.4 Å². The molecular formula is C24H32F5N5O7S. The predicted octanol–water partition coefficient (Wildman–Crippen LogP) is 1.35. The predicted molar refractivity (Wildman–Crippen MR) is 137 cm³/mol. The Balaban J connectivity index is 0.000000616. The third-order valence-electron chi connectivity index (χ3n) is 6.83. The first kappa shape index (κ1) is 33.4. The number of ether oxygens (including phenoxy) is 1. The van der Waals surface area contributed by atoms with Crippen LogP contribution in [0.2, 0.25) is 0 Å². The highest BCUT2D eigenvalue weighted by Crippen LogP contribution is 2.38. The fraction of sp³-hybridized carbons (Fsp3) is 0.625. The largest absolute Gasteiger partial charge is 0.490 e. The van der Waals surface area contributed by atoms with E-state index in [1.807, 2.05) is 0 Å². The summed E-state index contributed by atoms with van der Waals surface area (Å²) in [4.78, 5) is 38.9. The van der Waals surface area contributed by atoms with Gasteiger partial charge in [-0.3, -0.25) is 14.5 Å². The minimum atomic E-state index is -5.08. The number of carbonyl (C=O) groups excluding carboxylic acids is 2. The molecule has 1 aliphatic carbocycles. The number of carboxylic acid groups (broad SMARTS) is 1. The van der Waals surface area contributed by atoms with Crippen LogP contribution in [-0.2, 0) is 24.4 Å². The Kier molecular flexibility index (Phi) is 11.1. The first-order chi connectivity index (χ1) is 19.7. The maximum atomic E-state index is 13.3. The molecule has 2 heterocycles. The first-order valence-corrected chi connectivity index (χ1v) is 14.6. The summed E-state index contributed by atoms with van der Waals surface area (Å²) >= 11 is 0. The SMILES string of the molecule is NC[C@H](NS(=O)(=O)c1cccc(N2CCCCC2=O)c1OC(F)F)C(=O)N1CCN(C2CC2)CC1.O=C(O)C(F)(F)F. The van der Waals surface area contributed by atoms with E-state index in [0.717, 1.165) is 18.9 Å². The number of benzene rings is 1. The van der Waals surface area contributed by atoms with E-state index in [0.29, 0.717) is 45.1 Å². The van der Waals surface area contributed by atoms with Crippen molar-refractivity contribution in [1.82, 2.24) is 14.5 Å². The number of aliphatic carboxylic acids is 1. The third-order valence-corrected chi connectivity index (χ3v) is 8.33. The molecule has 0 radical (unpaired) electrons. The Bertz CT molecular complexity index is 1240. The van der Waals surface area contributed by atoms with Gasteiger partial charge >= 0.3 is 18.8 Å². The molecule has 236 valence electrons. The van der Waals surface area contributed by atoms with E-state index >= 15 is 0 Å². The maximum absolute atomic E-state index is 13.3. The van der Waals surface area contributed by atoms with Gasteiger partial charge in [-0.25, -0.2) is 13.2 Å². The summed E-state index contributed by atoms with van der Waals surface area (Å²) in [6.45, 7) is -1.04. The van der Waals surface area contributed by atoms with Gasteiger partial charge in [0.15, 0.2) is 5.75 Å². The summed E-state index contributed by atoms with van der Waals surface area (Å²) in [5, 5.41) is 7.12. The van der Waals surface area contributed by atoms with Crippen LogP contribution in [0.1, 0.15) is 32.1 Å². The third kappa shape index (κ3) is 8.71. The van der Waals surface area contributed by atoms with Crippen molar-refractivity contribution in [2.45, 2.75) is 61.9 Å². The number of alkyl halides is 5. The van der Waals surface area contributed by atoms with Gasteiger partial charge in [-0.2, -0.15) is 26.7 Å². The maximum Gasteiger partial charge on any atom is 0.490 e. The quantitative estimate of drug-likeness (QED) is 0.343. The van der Waals surface area contributed by atoms with Crippen molar-refractivity contribution in [3.8, 4) is 5.75 Å². The van der Waals surface area contributed by atoms with Crippen LogP contribution >= 0.6 is 0 Å². The molecule has 3 aliphatic rings. The van der Waals surface area contributed by atoms with Crippen molar-refractivity contribution in [3.05, 3.63) is 18.2 Å². The van der Waals surface area contributed by atoms with E-state index in [1.54, 1.807) is 4.90 Å². The Morgan fingerprint density at radius 1 is 1.10 bits per heavy atom. The summed E-state index contributed by atoms with van der Waals surface area (Å²) in [6.07, 6.45) is -1.24. The average molecular weight is 630 g/mol. The van der Waals surface area contributed by atoms with Crippen LogP contribution in [0.25, 0.3) is 0 Å². The second-order valence-electron chi connectivity index (χ2n) is 9.79. The zero-order chi connectivity index (χ0) is 31.2. The lowest BCUT2D eigenvalue weighted by molar-refractivity contribution is -0.192. The number of amides is 2. The Hall–Kier alpha value is -3.09. The minimum Gasteiger partial charge on any atom is -0.475 e. The number of nitrogens with two attached hydrogens (primary N) is 1. The minimum absolute atomic E-state index is 0.0512. The average Bonchev–Trinajstić information content (AvgIpc) is 3.77. The summed E-state index contributed by atoms with van der Waals surface area (Å²) in [6, 6.07) is 3.12.